The molecule has 6 rings (SSSR count). The number of aliphatic hydroxyl groups is 1. The zero-order chi connectivity index (χ0) is 38.6. The molecule has 3 aliphatic rings. The largest absolute Gasteiger partial charge is 0.497 e. The molecule has 1 saturated heterocycles. The van der Waals surface area contributed by atoms with E-state index in [1.807, 2.05) is 98.8 Å². The summed E-state index contributed by atoms with van der Waals surface area (Å²) in [4.78, 5) is 0. The van der Waals surface area contributed by atoms with Gasteiger partial charge in [-0.05, 0) is 103 Å². The van der Waals surface area contributed by atoms with Gasteiger partial charge in [-0.15, -0.1) is 6.58 Å². The minimum Gasteiger partial charge on any atom is -0.497 e. The highest BCUT2D eigenvalue weighted by molar-refractivity contribution is 5.37. The first-order chi connectivity index (χ1) is 25.8. The van der Waals surface area contributed by atoms with Crippen LogP contribution in [0, 0.1) is 16.7 Å². The summed E-state index contributed by atoms with van der Waals surface area (Å²) in [5.74, 6) is 1.48. The van der Waals surface area contributed by atoms with E-state index in [0.717, 1.165) is 46.8 Å². The summed E-state index contributed by atoms with van der Waals surface area (Å²) in [5.41, 5.74) is -0.684. The van der Waals surface area contributed by atoms with E-state index in [9.17, 15) is 5.11 Å². The van der Waals surface area contributed by atoms with Crippen LogP contribution in [-0.2, 0) is 43.5 Å². The molecule has 0 radical (unpaired) electrons. The number of ether oxygens (including phenoxy) is 8. The lowest BCUT2D eigenvalue weighted by Crippen LogP contribution is -2.54. The van der Waals surface area contributed by atoms with Gasteiger partial charge in [0.25, 0.3) is 0 Å². The van der Waals surface area contributed by atoms with E-state index >= 15 is 0 Å². The summed E-state index contributed by atoms with van der Waals surface area (Å²) in [7, 11) is 4.94. The smallest absolute Gasteiger partial charge is 0.164 e. The zero-order valence-corrected chi connectivity index (χ0v) is 32.7. The second-order valence-electron chi connectivity index (χ2n) is 15.6. The monoisotopic (exact) mass is 740 g/mol. The van der Waals surface area contributed by atoms with Crippen LogP contribution in [0.1, 0.15) is 57.2 Å². The molecule has 54 heavy (non-hydrogen) atoms. The minimum absolute atomic E-state index is 0.0475. The third kappa shape index (κ3) is 7.57. The maximum atomic E-state index is 13.4. The highest BCUT2D eigenvalue weighted by Gasteiger charge is 2.74. The van der Waals surface area contributed by atoms with Crippen LogP contribution < -0.4 is 14.2 Å². The average molecular weight is 741 g/mol. The molecule has 0 unspecified atom stereocenters. The fourth-order valence-corrected chi connectivity index (χ4v) is 8.76. The van der Waals surface area contributed by atoms with Crippen LogP contribution in [0.15, 0.2) is 110 Å². The molecule has 3 aromatic carbocycles. The normalized spacial score (nSPS) is 28.7. The standard InChI is InChI=1S/C45H56O9/c1-9-39(51-29-33-12-18-36(48-7)19-13-33)43(31-53-42(4,5)54-43)24-25-45(46)40(52-30-34-14-20-37(49-8)21-15-34)38-22-23-44(45,41(38,2)3)26-27-50-28-32-10-16-35(47-6)17-11-32/h9-21,24-27,38-40,46H,1,22-23,28-31H2,2-8H3/b25-24-,27-26-/t38-,39-,40-,43+,44-,45-/m1/s1. The number of hydrogen-bond acceptors (Lipinski definition) is 9. The topological polar surface area (TPSA) is 94.1 Å². The van der Waals surface area contributed by atoms with Crippen LogP contribution in [-0.4, -0.2) is 62.2 Å². The highest BCUT2D eigenvalue weighted by atomic mass is 16.8. The van der Waals surface area contributed by atoms with Gasteiger partial charge in [0.05, 0.1) is 53.5 Å². The van der Waals surface area contributed by atoms with Crippen molar-refractivity contribution in [2.24, 2.45) is 16.7 Å². The van der Waals surface area contributed by atoms with Crippen LogP contribution in [0.25, 0.3) is 0 Å². The van der Waals surface area contributed by atoms with E-state index in [0.29, 0.717) is 19.8 Å². The van der Waals surface area contributed by atoms with E-state index in [1.54, 1.807) is 33.7 Å². The van der Waals surface area contributed by atoms with Gasteiger partial charge in [0.15, 0.2) is 5.79 Å². The fraction of sp³-hybridized carbons (Fsp3) is 0.467. The van der Waals surface area contributed by atoms with E-state index < -0.39 is 34.6 Å². The molecule has 2 saturated carbocycles. The Bertz CT molecular complexity index is 1760. The van der Waals surface area contributed by atoms with Gasteiger partial charge >= 0.3 is 0 Å². The van der Waals surface area contributed by atoms with Gasteiger partial charge in [-0.1, -0.05) is 62.4 Å². The number of methoxy groups -OCH3 is 3. The Kier molecular flexibility index (Phi) is 11.7. The van der Waals surface area contributed by atoms with Gasteiger partial charge in [-0.2, -0.15) is 0 Å². The van der Waals surface area contributed by atoms with Crippen molar-refractivity contribution in [1.82, 2.24) is 0 Å². The van der Waals surface area contributed by atoms with Crippen LogP contribution in [0.5, 0.6) is 17.2 Å². The summed E-state index contributed by atoms with van der Waals surface area (Å²) >= 11 is 0. The van der Waals surface area contributed by atoms with E-state index in [4.69, 9.17) is 37.9 Å². The van der Waals surface area contributed by atoms with E-state index in [1.165, 1.54) is 0 Å². The van der Waals surface area contributed by atoms with Gasteiger partial charge in [-0.25, -0.2) is 0 Å². The molecule has 290 valence electrons. The third-order valence-corrected chi connectivity index (χ3v) is 11.9. The van der Waals surface area contributed by atoms with Crippen molar-refractivity contribution in [3.8, 4) is 17.2 Å². The van der Waals surface area contributed by atoms with Crippen LogP contribution in [0.4, 0.5) is 0 Å². The van der Waals surface area contributed by atoms with Crippen molar-refractivity contribution in [1.29, 1.82) is 0 Å². The van der Waals surface area contributed by atoms with Crippen molar-refractivity contribution in [2.45, 2.75) is 89.6 Å². The molecule has 1 N–H and O–H groups in total. The first-order valence-electron chi connectivity index (χ1n) is 18.6. The van der Waals surface area contributed by atoms with Crippen molar-refractivity contribution in [3.05, 3.63) is 127 Å². The summed E-state index contributed by atoms with van der Waals surface area (Å²) < 4.78 is 48.4. The highest BCUT2D eigenvalue weighted by Crippen LogP contribution is 2.71. The Morgan fingerprint density at radius 3 is 1.80 bits per heavy atom. The molecule has 3 fully saturated rings. The summed E-state index contributed by atoms with van der Waals surface area (Å²) in [5, 5.41) is 13.4. The maximum absolute atomic E-state index is 13.4. The summed E-state index contributed by atoms with van der Waals surface area (Å²) in [6.07, 6.45) is 9.85. The summed E-state index contributed by atoms with van der Waals surface area (Å²) in [6.45, 7) is 13.6. The van der Waals surface area contributed by atoms with Gasteiger partial charge in [-0.3, -0.25) is 0 Å². The molecular formula is C45H56O9. The lowest BCUT2D eigenvalue weighted by Gasteiger charge is -2.46. The fourth-order valence-electron chi connectivity index (χ4n) is 8.76. The van der Waals surface area contributed by atoms with Gasteiger partial charge in [0.2, 0.25) is 0 Å². The Hall–Kier alpha value is -4.12. The number of benzene rings is 3. The minimum atomic E-state index is -1.46. The van der Waals surface area contributed by atoms with Crippen LogP contribution in [0.2, 0.25) is 0 Å². The van der Waals surface area contributed by atoms with Gasteiger partial charge < -0.3 is 43.0 Å². The first-order valence-corrected chi connectivity index (χ1v) is 18.6. The zero-order valence-electron chi connectivity index (χ0n) is 32.7. The SMILES string of the molecule is C=C[C@@H](OCc1ccc(OC)cc1)[C@]1(/C=C\[C@@]2(O)[C@H](OCc3ccc(OC)cc3)[C@H]3CC[C@@]2(/C=C\OCc2ccc(OC)cc2)C3(C)C)COC(C)(C)O1. The molecule has 1 heterocycles. The number of fused-ring (bicyclic) bond motifs is 2. The molecule has 2 bridgehead atoms. The Morgan fingerprint density at radius 1 is 0.759 bits per heavy atom. The molecule has 2 aliphatic carbocycles. The molecule has 1 aliphatic heterocycles. The molecular weight excluding hydrogens is 684 g/mol. The lowest BCUT2D eigenvalue weighted by atomic mass is 9.62. The number of hydrogen-bond donors (Lipinski definition) is 1. The lowest BCUT2D eigenvalue weighted by molar-refractivity contribution is -0.173. The quantitative estimate of drug-likeness (QED) is 0.108. The first kappa shape index (κ1) is 39.6. The van der Waals surface area contributed by atoms with Crippen molar-refractivity contribution in [3.63, 3.8) is 0 Å². The second-order valence-corrected chi connectivity index (χ2v) is 15.6. The van der Waals surface area contributed by atoms with Crippen LogP contribution >= 0.6 is 0 Å². The Labute approximate surface area is 320 Å². The Balaban J connectivity index is 1.34. The average Bonchev–Trinajstić information content (AvgIpc) is 3.69. The van der Waals surface area contributed by atoms with Gasteiger partial charge in [0.1, 0.15) is 41.2 Å². The van der Waals surface area contributed by atoms with Crippen LogP contribution in [0.3, 0.4) is 0 Å². The van der Waals surface area contributed by atoms with Gasteiger partial charge in [0, 0.05) is 5.41 Å². The molecule has 0 amide bonds. The molecule has 6 atom stereocenters. The predicted octanol–water partition coefficient (Wildman–Crippen LogP) is 8.34. The van der Waals surface area contributed by atoms with Crippen molar-refractivity contribution in [2.75, 3.05) is 27.9 Å². The third-order valence-electron chi connectivity index (χ3n) is 11.9. The van der Waals surface area contributed by atoms with E-state index in [-0.39, 0.29) is 17.9 Å². The maximum Gasteiger partial charge on any atom is 0.164 e. The molecule has 9 heteroatoms. The van der Waals surface area contributed by atoms with E-state index in [2.05, 4.69) is 26.5 Å². The molecule has 9 nitrogen and oxygen atoms in total. The predicted molar refractivity (Wildman–Crippen MR) is 207 cm³/mol. The molecule has 0 aromatic heterocycles. The van der Waals surface area contributed by atoms with Crippen molar-refractivity contribution >= 4 is 0 Å². The van der Waals surface area contributed by atoms with Crippen molar-refractivity contribution < 1.29 is 43.0 Å². The molecule has 3 aromatic rings. The Morgan fingerprint density at radius 2 is 1.30 bits per heavy atom. The molecule has 0 spiro atoms. The summed E-state index contributed by atoms with van der Waals surface area (Å²) in [6, 6.07) is 23.4. The number of rotatable bonds is 17. The second kappa shape index (κ2) is 15.9.